The molecule has 0 amide bonds. The standard InChI is InChI=1S/C13H12N2O4S/c1-9-2-4-10(5-3-9)20(18,19)11-6-7-12(14)13(8-11)15(16)17/h2-8H,14H2,1H3. The highest BCUT2D eigenvalue weighted by atomic mass is 32.2. The van der Waals surface area contributed by atoms with Crippen molar-refractivity contribution >= 4 is 21.2 Å². The summed E-state index contributed by atoms with van der Waals surface area (Å²) in [6, 6.07) is 9.72. The van der Waals surface area contributed by atoms with Gasteiger partial charge in [0.15, 0.2) is 0 Å². The van der Waals surface area contributed by atoms with E-state index in [0.717, 1.165) is 11.6 Å². The number of benzene rings is 2. The molecular weight excluding hydrogens is 280 g/mol. The van der Waals surface area contributed by atoms with Crippen LogP contribution in [-0.4, -0.2) is 13.3 Å². The lowest BCUT2D eigenvalue weighted by atomic mass is 10.2. The van der Waals surface area contributed by atoms with Gasteiger partial charge in [-0.15, -0.1) is 0 Å². The number of rotatable bonds is 3. The molecule has 0 saturated heterocycles. The average Bonchev–Trinajstić information content (AvgIpc) is 2.39. The fourth-order valence-electron chi connectivity index (χ4n) is 1.70. The highest BCUT2D eigenvalue weighted by molar-refractivity contribution is 7.91. The Bertz CT molecular complexity index is 767. The van der Waals surface area contributed by atoms with Crippen molar-refractivity contribution in [3.8, 4) is 0 Å². The van der Waals surface area contributed by atoms with Crippen LogP contribution in [0.3, 0.4) is 0 Å². The minimum Gasteiger partial charge on any atom is -0.393 e. The van der Waals surface area contributed by atoms with Gasteiger partial charge in [0.2, 0.25) is 9.84 Å². The monoisotopic (exact) mass is 292 g/mol. The molecule has 0 fully saturated rings. The zero-order valence-electron chi connectivity index (χ0n) is 10.6. The molecule has 104 valence electrons. The molecule has 0 aliphatic heterocycles. The molecule has 0 spiro atoms. The van der Waals surface area contributed by atoms with E-state index in [1.54, 1.807) is 12.1 Å². The average molecular weight is 292 g/mol. The molecule has 2 N–H and O–H groups in total. The van der Waals surface area contributed by atoms with Crippen LogP contribution in [-0.2, 0) is 9.84 Å². The summed E-state index contributed by atoms with van der Waals surface area (Å²) >= 11 is 0. The van der Waals surface area contributed by atoms with Gasteiger partial charge in [0.25, 0.3) is 5.69 Å². The molecule has 0 radical (unpaired) electrons. The Kier molecular flexibility index (Phi) is 3.46. The maximum atomic E-state index is 12.4. The second kappa shape index (κ2) is 4.93. The topological polar surface area (TPSA) is 103 Å². The summed E-state index contributed by atoms with van der Waals surface area (Å²) in [6.45, 7) is 1.84. The number of nitrogen functional groups attached to an aromatic ring is 1. The molecule has 0 aromatic heterocycles. The molecule has 0 aliphatic carbocycles. The lowest BCUT2D eigenvalue weighted by molar-refractivity contribution is -0.384. The van der Waals surface area contributed by atoms with Crippen molar-refractivity contribution in [2.75, 3.05) is 5.73 Å². The molecule has 20 heavy (non-hydrogen) atoms. The van der Waals surface area contributed by atoms with Crippen molar-refractivity contribution in [2.45, 2.75) is 16.7 Å². The molecule has 0 aliphatic rings. The summed E-state index contributed by atoms with van der Waals surface area (Å²) in [5.41, 5.74) is 5.89. The maximum Gasteiger partial charge on any atom is 0.293 e. The summed E-state index contributed by atoms with van der Waals surface area (Å²) in [5, 5.41) is 10.8. The Morgan fingerprint density at radius 2 is 1.60 bits per heavy atom. The third-order valence-electron chi connectivity index (χ3n) is 2.84. The first-order chi connectivity index (χ1) is 9.32. The third kappa shape index (κ3) is 2.48. The number of nitro groups is 1. The fourth-order valence-corrected chi connectivity index (χ4v) is 2.98. The van der Waals surface area contributed by atoms with Gasteiger partial charge in [-0.25, -0.2) is 8.42 Å². The van der Waals surface area contributed by atoms with Crippen LogP contribution in [0, 0.1) is 17.0 Å². The van der Waals surface area contributed by atoms with E-state index in [2.05, 4.69) is 0 Å². The van der Waals surface area contributed by atoms with Crippen LogP contribution in [0.2, 0.25) is 0 Å². The van der Waals surface area contributed by atoms with E-state index in [4.69, 9.17) is 5.73 Å². The summed E-state index contributed by atoms with van der Waals surface area (Å²) < 4.78 is 24.7. The van der Waals surface area contributed by atoms with E-state index in [1.165, 1.54) is 24.3 Å². The number of aryl methyl sites for hydroxylation is 1. The Morgan fingerprint density at radius 3 is 2.15 bits per heavy atom. The lowest BCUT2D eigenvalue weighted by Gasteiger charge is -2.06. The lowest BCUT2D eigenvalue weighted by Crippen LogP contribution is -2.04. The highest BCUT2D eigenvalue weighted by Crippen LogP contribution is 2.28. The van der Waals surface area contributed by atoms with Gasteiger partial charge in [-0.1, -0.05) is 17.7 Å². The van der Waals surface area contributed by atoms with Crippen LogP contribution in [0.1, 0.15) is 5.56 Å². The van der Waals surface area contributed by atoms with Crippen LogP contribution in [0.4, 0.5) is 11.4 Å². The second-order valence-corrected chi connectivity index (χ2v) is 6.24. The number of anilines is 1. The smallest absolute Gasteiger partial charge is 0.293 e. The van der Waals surface area contributed by atoms with Gasteiger partial charge in [-0.05, 0) is 31.2 Å². The molecule has 2 rings (SSSR count). The zero-order valence-corrected chi connectivity index (χ0v) is 11.4. The number of nitrogens with two attached hydrogens (primary N) is 1. The molecule has 2 aromatic rings. The van der Waals surface area contributed by atoms with Crippen LogP contribution in [0.15, 0.2) is 52.3 Å². The largest absolute Gasteiger partial charge is 0.393 e. The van der Waals surface area contributed by atoms with Crippen molar-refractivity contribution in [2.24, 2.45) is 0 Å². The molecule has 6 nitrogen and oxygen atoms in total. The first kappa shape index (κ1) is 14.0. The van der Waals surface area contributed by atoms with Gasteiger partial charge in [-0.3, -0.25) is 10.1 Å². The van der Waals surface area contributed by atoms with Gasteiger partial charge in [0.1, 0.15) is 5.69 Å². The molecule has 0 atom stereocenters. The summed E-state index contributed by atoms with van der Waals surface area (Å²) in [5.74, 6) is 0. The molecule has 0 saturated carbocycles. The predicted molar refractivity (Wildman–Crippen MR) is 74.1 cm³/mol. The fraction of sp³-hybridized carbons (Fsp3) is 0.0769. The number of sulfone groups is 1. The molecule has 2 aromatic carbocycles. The van der Waals surface area contributed by atoms with E-state index in [0.29, 0.717) is 0 Å². The molecular formula is C13H12N2O4S. The van der Waals surface area contributed by atoms with Crippen LogP contribution in [0.25, 0.3) is 0 Å². The Balaban J connectivity index is 2.58. The normalized spacial score (nSPS) is 11.2. The highest BCUT2D eigenvalue weighted by Gasteiger charge is 2.22. The van der Waals surface area contributed by atoms with E-state index in [-0.39, 0.29) is 15.5 Å². The van der Waals surface area contributed by atoms with E-state index in [9.17, 15) is 18.5 Å². The van der Waals surface area contributed by atoms with Gasteiger partial charge >= 0.3 is 0 Å². The predicted octanol–water partition coefficient (Wildman–Crippen LogP) is 2.32. The van der Waals surface area contributed by atoms with Crippen LogP contribution in [0.5, 0.6) is 0 Å². The first-order valence-electron chi connectivity index (χ1n) is 5.68. The quantitative estimate of drug-likeness (QED) is 0.531. The van der Waals surface area contributed by atoms with E-state index in [1.807, 2.05) is 6.92 Å². The van der Waals surface area contributed by atoms with E-state index < -0.39 is 20.4 Å². The molecule has 7 heteroatoms. The number of nitro benzene ring substituents is 1. The van der Waals surface area contributed by atoms with Gasteiger partial charge < -0.3 is 5.73 Å². The summed E-state index contributed by atoms with van der Waals surface area (Å²) in [7, 11) is -3.79. The van der Waals surface area contributed by atoms with Gasteiger partial charge in [-0.2, -0.15) is 0 Å². The van der Waals surface area contributed by atoms with Crippen molar-refractivity contribution in [1.29, 1.82) is 0 Å². The van der Waals surface area contributed by atoms with Crippen molar-refractivity contribution in [3.05, 3.63) is 58.1 Å². The SMILES string of the molecule is Cc1ccc(S(=O)(=O)c2ccc(N)c([N+](=O)[O-])c2)cc1. The number of hydrogen-bond donors (Lipinski definition) is 1. The number of hydrogen-bond acceptors (Lipinski definition) is 5. The minimum atomic E-state index is -3.79. The molecule has 0 bridgehead atoms. The Morgan fingerprint density at radius 1 is 1.05 bits per heavy atom. The van der Waals surface area contributed by atoms with Crippen LogP contribution < -0.4 is 5.73 Å². The molecule has 0 unspecified atom stereocenters. The van der Waals surface area contributed by atoms with Crippen molar-refractivity contribution in [3.63, 3.8) is 0 Å². The third-order valence-corrected chi connectivity index (χ3v) is 4.61. The van der Waals surface area contributed by atoms with Crippen LogP contribution >= 0.6 is 0 Å². The molecule has 0 heterocycles. The Labute approximate surface area is 115 Å². The minimum absolute atomic E-state index is 0.0714. The summed E-state index contributed by atoms with van der Waals surface area (Å²) in [6.07, 6.45) is 0. The maximum absolute atomic E-state index is 12.4. The van der Waals surface area contributed by atoms with Gasteiger partial charge in [0, 0.05) is 6.07 Å². The second-order valence-electron chi connectivity index (χ2n) is 4.29. The van der Waals surface area contributed by atoms with E-state index >= 15 is 0 Å². The first-order valence-corrected chi connectivity index (χ1v) is 7.16. The van der Waals surface area contributed by atoms with Gasteiger partial charge in [0.05, 0.1) is 14.7 Å². The van der Waals surface area contributed by atoms with Crippen molar-refractivity contribution < 1.29 is 13.3 Å². The summed E-state index contributed by atoms with van der Waals surface area (Å²) in [4.78, 5) is 10.0. The number of nitrogens with zero attached hydrogens (tertiary/aromatic N) is 1. The zero-order chi connectivity index (χ0) is 14.9. The Hall–Kier alpha value is -2.41. The van der Waals surface area contributed by atoms with Crippen molar-refractivity contribution in [1.82, 2.24) is 0 Å².